The van der Waals surface area contributed by atoms with E-state index in [9.17, 15) is 28.8 Å². The molecule has 2 fully saturated rings. The van der Waals surface area contributed by atoms with E-state index in [4.69, 9.17) is 18.9 Å². The van der Waals surface area contributed by atoms with Crippen molar-refractivity contribution in [3.05, 3.63) is 59.7 Å². The standard InChI is InChI=1S/C28H30N4O10/c1-39-21-9-5-3-7-19(21)27(37)41-17-31-23(33)13-29(14-24(31)34)11-12-30-15-25(35)32(26(36)16-30)18-42-28(38)20-8-4-6-10-22(20)40-2/h3-10H,11-18H2,1-2H3. The van der Waals surface area contributed by atoms with Gasteiger partial charge < -0.3 is 18.9 Å². The van der Waals surface area contributed by atoms with Crippen molar-refractivity contribution >= 4 is 35.6 Å². The highest BCUT2D eigenvalue weighted by Gasteiger charge is 2.35. The maximum atomic E-state index is 12.6. The van der Waals surface area contributed by atoms with Gasteiger partial charge in [-0.15, -0.1) is 0 Å². The number of carbonyl (C=O) groups is 6. The first-order valence-electron chi connectivity index (χ1n) is 12.9. The van der Waals surface area contributed by atoms with Gasteiger partial charge in [0.05, 0.1) is 40.4 Å². The van der Waals surface area contributed by atoms with E-state index in [1.54, 1.807) is 46.2 Å². The number of carbonyl (C=O) groups excluding carboxylic acids is 6. The molecule has 4 rings (SSSR count). The molecule has 4 amide bonds. The Morgan fingerprint density at radius 3 is 1.26 bits per heavy atom. The van der Waals surface area contributed by atoms with Crippen LogP contribution in [0.1, 0.15) is 20.7 Å². The van der Waals surface area contributed by atoms with Gasteiger partial charge in [0, 0.05) is 13.1 Å². The molecule has 14 nitrogen and oxygen atoms in total. The van der Waals surface area contributed by atoms with Crippen LogP contribution in [-0.2, 0) is 28.7 Å². The second kappa shape index (κ2) is 13.7. The minimum Gasteiger partial charge on any atom is -0.496 e. The van der Waals surface area contributed by atoms with E-state index in [0.717, 1.165) is 9.80 Å². The molecule has 2 heterocycles. The highest BCUT2D eigenvalue weighted by Crippen LogP contribution is 2.20. The molecule has 0 radical (unpaired) electrons. The van der Waals surface area contributed by atoms with Crippen LogP contribution in [0.3, 0.4) is 0 Å². The normalized spacial score (nSPS) is 16.4. The molecule has 2 aromatic carbocycles. The lowest BCUT2D eigenvalue weighted by Gasteiger charge is -2.35. The number of esters is 2. The van der Waals surface area contributed by atoms with E-state index in [0.29, 0.717) is 11.5 Å². The average Bonchev–Trinajstić information content (AvgIpc) is 2.98. The lowest BCUT2D eigenvalue weighted by atomic mass is 10.2. The van der Waals surface area contributed by atoms with Gasteiger partial charge in [-0.1, -0.05) is 24.3 Å². The van der Waals surface area contributed by atoms with Crippen LogP contribution in [0.25, 0.3) is 0 Å². The third-order valence-corrected chi connectivity index (χ3v) is 6.68. The summed E-state index contributed by atoms with van der Waals surface area (Å²) in [4.78, 5) is 80.2. The zero-order chi connectivity index (χ0) is 30.2. The van der Waals surface area contributed by atoms with Crippen LogP contribution in [0, 0.1) is 0 Å². The van der Waals surface area contributed by atoms with Gasteiger partial charge in [-0.2, -0.15) is 0 Å². The van der Waals surface area contributed by atoms with Crippen LogP contribution >= 0.6 is 0 Å². The summed E-state index contributed by atoms with van der Waals surface area (Å²) in [6.45, 7) is -1.05. The van der Waals surface area contributed by atoms with Gasteiger partial charge in [-0.05, 0) is 24.3 Å². The molecule has 0 aromatic heterocycles. The summed E-state index contributed by atoms with van der Waals surface area (Å²) in [5.74, 6) is -3.06. The van der Waals surface area contributed by atoms with Gasteiger partial charge in [0.1, 0.15) is 22.6 Å². The molecule has 0 atom stereocenters. The molecule has 2 aliphatic rings. The molecule has 222 valence electrons. The van der Waals surface area contributed by atoms with Gasteiger partial charge in [-0.3, -0.25) is 29.0 Å². The maximum Gasteiger partial charge on any atom is 0.343 e. The minimum absolute atomic E-state index is 0.112. The Kier molecular flexibility index (Phi) is 9.83. The van der Waals surface area contributed by atoms with Gasteiger partial charge >= 0.3 is 11.9 Å². The van der Waals surface area contributed by atoms with E-state index in [1.165, 1.54) is 26.4 Å². The molecule has 0 N–H and O–H groups in total. The van der Waals surface area contributed by atoms with Crippen molar-refractivity contribution in [2.45, 2.75) is 0 Å². The van der Waals surface area contributed by atoms with Gasteiger partial charge in [-0.25, -0.2) is 19.4 Å². The number of piperazine rings is 2. The molecule has 0 aliphatic carbocycles. The Labute approximate surface area is 241 Å². The number of methoxy groups -OCH3 is 2. The van der Waals surface area contributed by atoms with Crippen molar-refractivity contribution in [2.75, 3.05) is 66.9 Å². The topological polar surface area (TPSA) is 152 Å². The van der Waals surface area contributed by atoms with Crippen LogP contribution < -0.4 is 9.47 Å². The smallest absolute Gasteiger partial charge is 0.343 e. The van der Waals surface area contributed by atoms with Crippen molar-refractivity contribution in [1.29, 1.82) is 0 Å². The van der Waals surface area contributed by atoms with Crippen molar-refractivity contribution in [1.82, 2.24) is 19.6 Å². The molecular weight excluding hydrogens is 552 g/mol. The monoisotopic (exact) mass is 582 g/mol. The van der Waals surface area contributed by atoms with E-state index in [2.05, 4.69) is 0 Å². The third kappa shape index (κ3) is 7.08. The van der Waals surface area contributed by atoms with Crippen LogP contribution in [0.5, 0.6) is 11.5 Å². The second-order valence-corrected chi connectivity index (χ2v) is 9.37. The SMILES string of the molecule is COc1ccccc1C(=O)OCN1C(=O)CN(CCN2CC(=O)N(COC(=O)c3ccccc3OC)C(=O)C2)CC1=O. The van der Waals surface area contributed by atoms with E-state index in [1.807, 2.05) is 0 Å². The summed E-state index contributed by atoms with van der Waals surface area (Å²) < 4.78 is 20.6. The molecule has 0 saturated carbocycles. The predicted molar refractivity (Wildman–Crippen MR) is 143 cm³/mol. The Balaban J connectivity index is 1.22. The van der Waals surface area contributed by atoms with Crippen molar-refractivity contribution in [3.8, 4) is 11.5 Å². The molecular formula is C28H30N4O10. The zero-order valence-electron chi connectivity index (χ0n) is 23.1. The summed E-state index contributed by atoms with van der Waals surface area (Å²) in [7, 11) is 2.82. The summed E-state index contributed by atoms with van der Waals surface area (Å²) in [6, 6.07) is 12.8. The Hall–Kier alpha value is -4.82. The highest BCUT2D eigenvalue weighted by atomic mass is 16.6. The molecule has 2 saturated heterocycles. The quantitative estimate of drug-likeness (QED) is 0.258. The fourth-order valence-corrected chi connectivity index (χ4v) is 4.41. The van der Waals surface area contributed by atoms with Gasteiger partial charge in [0.25, 0.3) is 0 Å². The van der Waals surface area contributed by atoms with Gasteiger partial charge in [0.15, 0.2) is 13.5 Å². The number of hydrogen-bond acceptors (Lipinski definition) is 12. The number of nitrogens with zero attached hydrogens (tertiary/aromatic N) is 4. The summed E-state index contributed by atoms with van der Waals surface area (Å²) in [5.41, 5.74) is 0.328. The number of hydrogen-bond donors (Lipinski definition) is 0. The Morgan fingerprint density at radius 2 is 0.929 bits per heavy atom. The number of imide groups is 2. The first-order chi connectivity index (χ1) is 20.2. The molecule has 14 heteroatoms. The Bertz CT molecular complexity index is 1240. The fraction of sp³-hybridized carbons (Fsp3) is 0.357. The molecule has 0 spiro atoms. The van der Waals surface area contributed by atoms with Crippen LogP contribution in [0.2, 0.25) is 0 Å². The second-order valence-electron chi connectivity index (χ2n) is 9.37. The first-order valence-corrected chi connectivity index (χ1v) is 12.9. The largest absolute Gasteiger partial charge is 0.496 e. The van der Waals surface area contributed by atoms with Crippen LogP contribution in [-0.4, -0.2) is 122 Å². The van der Waals surface area contributed by atoms with E-state index >= 15 is 0 Å². The molecule has 0 bridgehead atoms. The average molecular weight is 583 g/mol. The summed E-state index contributed by atoms with van der Waals surface area (Å²) in [5, 5.41) is 0. The van der Waals surface area contributed by atoms with Crippen LogP contribution in [0.4, 0.5) is 0 Å². The lowest BCUT2D eigenvalue weighted by molar-refractivity contribution is -0.159. The summed E-state index contributed by atoms with van der Waals surface area (Å²) >= 11 is 0. The van der Waals surface area contributed by atoms with E-state index in [-0.39, 0.29) is 50.4 Å². The van der Waals surface area contributed by atoms with Crippen molar-refractivity contribution in [3.63, 3.8) is 0 Å². The first kappa shape index (κ1) is 30.1. The van der Waals surface area contributed by atoms with Crippen LogP contribution in [0.15, 0.2) is 48.5 Å². The predicted octanol–water partition coefficient (Wildman–Crippen LogP) is -0.0258. The fourth-order valence-electron chi connectivity index (χ4n) is 4.41. The van der Waals surface area contributed by atoms with E-state index < -0.39 is 49.0 Å². The zero-order valence-corrected chi connectivity index (χ0v) is 23.1. The number of benzene rings is 2. The summed E-state index contributed by atoms with van der Waals surface area (Å²) in [6.07, 6.45) is 0. The molecule has 42 heavy (non-hydrogen) atoms. The minimum atomic E-state index is -0.737. The maximum absolute atomic E-state index is 12.6. The number of para-hydroxylation sites is 2. The van der Waals surface area contributed by atoms with Crippen molar-refractivity contribution in [2.24, 2.45) is 0 Å². The number of rotatable bonds is 11. The lowest BCUT2D eigenvalue weighted by Crippen LogP contribution is -2.58. The van der Waals surface area contributed by atoms with Crippen molar-refractivity contribution < 1.29 is 47.7 Å². The number of ether oxygens (including phenoxy) is 4. The Morgan fingerprint density at radius 1 is 0.595 bits per heavy atom. The molecule has 2 aromatic rings. The molecule has 2 aliphatic heterocycles. The third-order valence-electron chi connectivity index (χ3n) is 6.68. The van der Waals surface area contributed by atoms with Gasteiger partial charge in [0.2, 0.25) is 23.6 Å². The highest BCUT2D eigenvalue weighted by molar-refractivity contribution is 6.01. The molecule has 0 unspecified atom stereocenters. The number of amides is 4.